The minimum atomic E-state index is -0.836. The van der Waals surface area contributed by atoms with Gasteiger partial charge >= 0.3 is 0 Å². The first-order chi connectivity index (χ1) is 12.8. The van der Waals surface area contributed by atoms with E-state index < -0.39 is 23.7 Å². The van der Waals surface area contributed by atoms with Gasteiger partial charge in [0.25, 0.3) is 5.91 Å². The van der Waals surface area contributed by atoms with Crippen LogP contribution in [0.2, 0.25) is 0 Å². The van der Waals surface area contributed by atoms with Crippen molar-refractivity contribution >= 4 is 23.2 Å². The van der Waals surface area contributed by atoms with Gasteiger partial charge in [0.2, 0.25) is 5.91 Å². The van der Waals surface area contributed by atoms with Crippen molar-refractivity contribution in [1.29, 1.82) is 0 Å². The van der Waals surface area contributed by atoms with Crippen molar-refractivity contribution in [2.45, 2.75) is 25.4 Å². The molecule has 0 fully saturated rings. The normalized spacial score (nSPS) is 17.4. The van der Waals surface area contributed by atoms with Crippen LogP contribution in [-0.2, 0) is 9.59 Å². The fourth-order valence-corrected chi connectivity index (χ4v) is 2.82. The Labute approximate surface area is 154 Å². The van der Waals surface area contributed by atoms with Crippen molar-refractivity contribution in [1.82, 2.24) is 5.32 Å². The summed E-state index contributed by atoms with van der Waals surface area (Å²) in [4.78, 5) is 24.3. The van der Waals surface area contributed by atoms with Gasteiger partial charge in [-0.3, -0.25) is 14.6 Å². The lowest BCUT2D eigenvalue weighted by Gasteiger charge is -2.20. The molecule has 8 heteroatoms. The molecule has 0 saturated carbocycles. The van der Waals surface area contributed by atoms with Gasteiger partial charge in [-0.05, 0) is 48.9 Å². The van der Waals surface area contributed by atoms with E-state index in [0.717, 1.165) is 5.56 Å². The molecule has 0 spiro atoms. The molecule has 0 radical (unpaired) electrons. The number of hydrazone groups is 1. The van der Waals surface area contributed by atoms with E-state index in [-0.39, 0.29) is 24.0 Å². The lowest BCUT2D eigenvalue weighted by Crippen LogP contribution is -2.40. The fourth-order valence-electron chi connectivity index (χ4n) is 2.82. The van der Waals surface area contributed by atoms with Gasteiger partial charge in [-0.25, -0.2) is 8.78 Å². The zero-order valence-electron chi connectivity index (χ0n) is 14.5. The van der Waals surface area contributed by atoms with E-state index in [1.165, 1.54) is 41.4 Å². The number of anilines is 1. The minimum Gasteiger partial charge on any atom is -0.368 e. The summed E-state index contributed by atoms with van der Waals surface area (Å²) in [6, 6.07) is 9.93. The zero-order valence-corrected chi connectivity index (χ0v) is 14.5. The number of carbonyl (C=O) groups excluding carboxylic acids is 2. The molecular formula is C19H18F2N4O2. The van der Waals surface area contributed by atoms with Crippen LogP contribution in [0.25, 0.3) is 0 Å². The van der Waals surface area contributed by atoms with Gasteiger partial charge in [0.15, 0.2) is 0 Å². The Morgan fingerprint density at radius 3 is 2.22 bits per heavy atom. The monoisotopic (exact) mass is 372 g/mol. The maximum absolute atomic E-state index is 13.1. The summed E-state index contributed by atoms with van der Waals surface area (Å²) in [5.74, 6) is -1.89. The molecule has 2 amide bonds. The van der Waals surface area contributed by atoms with Crippen LogP contribution in [0.15, 0.2) is 53.6 Å². The molecule has 2 atom stereocenters. The molecule has 140 valence electrons. The van der Waals surface area contributed by atoms with Gasteiger partial charge in [0.05, 0.1) is 11.7 Å². The Balaban J connectivity index is 1.77. The van der Waals surface area contributed by atoms with Gasteiger partial charge in [0.1, 0.15) is 23.4 Å². The molecule has 27 heavy (non-hydrogen) atoms. The number of nitrogens with zero attached hydrogens (tertiary/aromatic N) is 2. The van der Waals surface area contributed by atoms with E-state index in [2.05, 4.69) is 10.4 Å². The Bertz CT molecular complexity index is 882. The molecule has 3 rings (SSSR count). The van der Waals surface area contributed by atoms with Crippen LogP contribution in [0.5, 0.6) is 0 Å². The van der Waals surface area contributed by atoms with Crippen LogP contribution in [0.3, 0.4) is 0 Å². The standard InChI is InChI=1S/C19H18F2N4O2/c1-11(12-2-4-13(20)5-3-12)23-19(27)16-10-17(18(22)26)25(24-16)15-8-6-14(21)7-9-15/h2-9,11,17H,10H2,1H3,(H2,22,26)(H,23,27). The molecule has 1 aliphatic heterocycles. The van der Waals surface area contributed by atoms with Gasteiger partial charge in [-0.15, -0.1) is 0 Å². The van der Waals surface area contributed by atoms with Gasteiger partial charge in [-0.1, -0.05) is 12.1 Å². The number of hydrogen-bond donors (Lipinski definition) is 2. The highest BCUT2D eigenvalue weighted by Crippen LogP contribution is 2.25. The zero-order chi connectivity index (χ0) is 19.6. The molecule has 1 aliphatic rings. The Hall–Kier alpha value is -3.29. The Morgan fingerprint density at radius 2 is 1.67 bits per heavy atom. The number of halogens is 2. The number of primary amides is 1. The predicted molar refractivity (Wildman–Crippen MR) is 96.9 cm³/mol. The van der Waals surface area contributed by atoms with Crippen molar-refractivity contribution in [3.05, 3.63) is 65.7 Å². The first-order valence-corrected chi connectivity index (χ1v) is 8.33. The third-order valence-corrected chi connectivity index (χ3v) is 4.31. The van der Waals surface area contributed by atoms with Crippen LogP contribution >= 0.6 is 0 Å². The van der Waals surface area contributed by atoms with Crippen molar-refractivity contribution in [2.75, 3.05) is 5.01 Å². The van der Waals surface area contributed by atoms with Gasteiger partial charge in [0, 0.05) is 6.42 Å². The quantitative estimate of drug-likeness (QED) is 0.844. The Morgan fingerprint density at radius 1 is 1.11 bits per heavy atom. The topological polar surface area (TPSA) is 87.8 Å². The number of rotatable bonds is 5. The number of benzene rings is 2. The molecule has 1 heterocycles. The summed E-state index contributed by atoms with van der Waals surface area (Å²) in [6.45, 7) is 1.75. The van der Waals surface area contributed by atoms with E-state index in [4.69, 9.17) is 5.73 Å². The number of nitrogens with two attached hydrogens (primary N) is 1. The van der Waals surface area contributed by atoms with E-state index >= 15 is 0 Å². The number of carbonyl (C=O) groups is 2. The summed E-state index contributed by atoms with van der Waals surface area (Å²) >= 11 is 0. The van der Waals surface area contributed by atoms with Gasteiger partial charge in [-0.2, -0.15) is 5.10 Å². The van der Waals surface area contributed by atoms with Crippen LogP contribution in [0.4, 0.5) is 14.5 Å². The second-order valence-electron chi connectivity index (χ2n) is 6.24. The average molecular weight is 372 g/mol. The summed E-state index contributed by atoms with van der Waals surface area (Å²) in [5, 5.41) is 8.29. The summed E-state index contributed by atoms with van der Waals surface area (Å²) < 4.78 is 26.2. The first-order valence-electron chi connectivity index (χ1n) is 8.33. The maximum atomic E-state index is 13.1. The third-order valence-electron chi connectivity index (χ3n) is 4.31. The second-order valence-corrected chi connectivity index (χ2v) is 6.24. The molecule has 0 saturated heterocycles. The highest BCUT2D eigenvalue weighted by molar-refractivity contribution is 6.40. The molecule has 0 bridgehead atoms. The summed E-state index contributed by atoms with van der Waals surface area (Å²) in [7, 11) is 0. The molecule has 0 aliphatic carbocycles. The maximum Gasteiger partial charge on any atom is 0.268 e. The minimum absolute atomic E-state index is 0.0364. The molecule has 2 aromatic rings. The number of amides is 2. The van der Waals surface area contributed by atoms with Crippen LogP contribution in [0.1, 0.15) is 24.9 Å². The summed E-state index contributed by atoms with van der Waals surface area (Å²) in [5.41, 5.74) is 6.75. The van der Waals surface area contributed by atoms with Crippen molar-refractivity contribution in [3.8, 4) is 0 Å². The molecule has 6 nitrogen and oxygen atoms in total. The lowest BCUT2D eigenvalue weighted by atomic mass is 10.1. The van der Waals surface area contributed by atoms with Crippen molar-refractivity contribution in [3.63, 3.8) is 0 Å². The van der Waals surface area contributed by atoms with E-state index in [0.29, 0.717) is 5.69 Å². The first kappa shape index (κ1) is 18.5. The molecule has 2 aromatic carbocycles. The van der Waals surface area contributed by atoms with Crippen LogP contribution in [0, 0.1) is 11.6 Å². The highest BCUT2D eigenvalue weighted by atomic mass is 19.1. The Kier molecular flexibility index (Phi) is 5.16. The third kappa shape index (κ3) is 4.11. The smallest absolute Gasteiger partial charge is 0.268 e. The fraction of sp³-hybridized carbons (Fsp3) is 0.211. The molecule has 0 aromatic heterocycles. The number of hydrogen-bond acceptors (Lipinski definition) is 4. The largest absolute Gasteiger partial charge is 0.368 e. The van der Waals surface area contributed by atoms with Crippen molar-refractivity contribution in [2.24, 2.45) is 10.8 Å². The van der Waals surface area contributed by atoms with E-state index in [1.54, 1.807) is 19.1 Å². The average Bonchev–Trinajstić information content (AvgIpc) is 3.08. The molecule has 3 N–H and O–H groups in total. The second kappa shape index (κ2) is 7.53. The number of nitrogens with one attached hydrogen (secondary N) is 1. The van der Waals surface area contributed by atoms with Crippen LogP contribution < -0.4 is 16.1 Å². The summed E-state index contributed by atoms with van der Waals surface area (Å²) in [6.07, 6.45) is 0.0364. The van der Waals surface area contributed by atoms with Crippen molar-refractivity contribution < 1.29 is 18.4 Å². The van der Waals surface area contributed by atoms with E-state index in [9.17, 15) is 18.4 Å². The predicted octanol–water partition coefficient (Wildman–Crippen LogP) is 2.26. The highest BCUT2D eigenvalue weighted by Gasteiger charge is 2.35. The lowest BCUT2D eigenvalue weighted by molar-refractivity contribution is -0.119. The van der Waals surface area contributed by atoms with Crippen LogP contribution in [-0.4, -0.2) is 23.6 Å². The molecule has 2 unspecified atom stereocenters. The van der Waals surface area contributed by atoms with Gasteiger partial charge < -0.3 is 11.1 Å². The van der Waals surface area contributed by atoms with E-state index in [1.807, 2.05) is 0 Å². The molecular weight excluding hydrogens is 354 g/mol. The SMILES string of the molecule is CC(NC(=O)C1=NN(c2ccc(F)cc2)C(C(N)=O)C1)c1ccc(F)cc1.